The zero-order valence-electron chi connectivity index (χ0n) is 12.2. The Labute approximate surface area is 128 Å². The Balaban J connectivity index is 1.60. The fourth-order valence-corrected chi connectivity index (χ4v) is 3.94. The molecule has 114 valence electrons. The van der Waals surface area contributed by atoms with Gasteiger partial charge in [0.2, 0.25) is 0 Å². The first-order chi connectivity index (χ1) is 10.5. The van der Waals surface area contributed by atoms with Crippen LogP contribution in [0.4, 0.5) is 11.5 Å². The summed E-state index contributed by atoms with van der Waals surface area (Å²) in [7, 11) is 0. The van der Waals surface area contributed by atoms with Gasteiger partial charge < -0.3 is 21.9 Å². The molecule has 0 saturated heterocycles. The molecule has 1 aromatic carbocycles. The molecule has 6 nitrogen and oxygen atoms in total. The molecule has 1 aromatic heterocycles. The van der Waals surface area contributed by atoms with Crippen LogP contribution < -0.4 is 16.8 Å². The van der Waals surface area contributed by atoms with Crippen molar-refractivity contribution >= 4 is 11.5 Å². The molecule has 0 unspecified atom stereocenters. The lowest BCUT2D eigenvalue weighted by molar-refractivity contribution is -0.107. The summed E-state index contributed by atoms with van der Waals surface area (Å²) in [5, 5.41) is 21.3. The van der Waals surface area contributed by atoms with Crippen LogP contribution in [0.15, 0.2) is 30.3 Å². The summed E-state index contributed by atoms with van der Waals surface area (Å²) in [6.07, 6.45) is 3.29. The summed E-state index contributed by atoms with van der Waals surface area (Å²) >= 11 is 0. The van der Waals surface area contributed by atoms with Crippen molar-refractivity contribution in [3.63, 3.8) is 0 Å². The lowest BCUT2D eigenvalue weighted by atomic mass is 9.39. The molecule has 0 spiro atoms. The van der Waals surface area contributed by atoms with Crippen LogP contribution in [-0.4, -0.2) is 27.4 Å². The number of nitrogens with one attached hydrogen (secondary N) is 1. The second-order valence-corrected chi connectivity index (χ2v) is 6.72. The maximum atomic E-state index is 9.59. The molecule has 3 aliphatic carbocycles. The quantitative estimate of drug-likeness (QED) is 0.684. The maximum absolute atomic E-state index is 9.59. The normalized spacial score (nSPS) is 28.6. The highest BCUT2D eigenvalue weighted by molar-refractivity contribution is 5.71. The number of anilines is 2. The van der Waals surface area contributed by atoms with Gasteiger partial charge in [-0.3, -0.25) is 0 Å². The molecule has 0 atom stereocenters. The van der Waals surface area contributed by atoms with Gasteiger partial charge in [0.25, 0.3) is 0 Å². The standard InChI is InChI=1S/C16H19N5O/c17-9-15-6-16(7-15,8-15)19-13-5-12(20-21-14(13)18)10-2-1-3-11(22)4-10/h1-5,22H,6-9,17H2,(H2,18,21)(H,19,20). The van der Waals surface area contributed by atoms with Crippen LogP contribution in [0.5, 0.6) is 5.75 Å². The minimum atomic E-state index is 0.132. The Morgan fingerprint density at radius 3 is 2.64 bits per heavy atom. The number of nitrogens with two attached hydrogens (primary N) is 2. The van der Waals surface area contributed by atoms with Crippen molar-refractivity contribution in [3.05, 3.63) is 30.3 Å². The number of benzene rings is 1. The number of nitrogens with zero attached hydrogens (tertiary/aromatic N) is 2. The van der Waals surface area contributed by atoms with Crippen molar-refractivity contribution in [2.45, 2.75) is 24.8 Å². The van der Waals surface area contributed by atoms with Gasteiger partial charge >= 0.3 is 0 Å². The third-order valence-electron chi connectivity index (χ3n) is 4.94. The van der Waals surface area contributed by atoms with Gasteiger partial charge in [-0.15, -0.1) is 10.2 Å². The third-order valence-corrected chi connectivity index (χ3v) is 4.94. The van der Waals surface area contributed by atoms with E-state index in [-0.39, 0.29) is 11.3 Å². The highest BCUT2D eigenvalue weighted by Gasteiger charge is 2.67. The van der Waals surface area contributed by atoms with Crippen molar-refractivity contribution in [1.82, 2.24) is 10.2 Å². The summed E-state index contributed by atoms with van der Waals surface area (Å²) in [6, 6.07) is 8.85. The summed E-state index contributed by atoms with van der Waals surface area (Å²) in [4.78, 5) is 0. The molecule has 3 saturated carbocycles. The van der Waals surface area contributed by atoms with Gasteiger partial charge in [0, 0.05) is 11.1 Å². The van der Waals surface area contributed by atoms with Crippen LogP contribution in [0.2, 0.25) is 0 Å². The predicted octanol–water partition coefficient (Wildman–Crippen LogP) is 1.72. The van der Waals surface area contributed by atoms with Gasteiger partial charge in [0.15, 0.2) is 5.82 Å². The molecule has 1 heterocycles. The van der Waals surface area contributed by atoms with E-state index in [2.05, 4.69) is 15.5 Å². The van der Waals surface area contributed by atoms with E-state index in [0.717, 1.165) is 37.1 Å². The number of hydrogen-bond acceptors (Lipinski definition) is 6. The van der Waals surface area contributed by atoms with Gasteiger partial charge in [0.1, 0.15) is 5.75 Å². The Hall–Kier alpha value is -2.34. The van der Waals surface area contributed by atoms with Gasteiger partial charge in [-0.25, -0.2) is 0 Å². The molecule has 3 aliphatic rings. The molecular weight excluding hydrogens is 278 g/mol. The van der Waals surface area contributed by atoms with Crippen molar-refractivity contribution in [2.75, 3.05) is 17.6 Å². The van der Waals surface area contributed by atoms with Crippen LogP contribution in [0, 0.1) is 5.41 Å². The molecule has 22 heavy (non-hydrogen) atoms. The lowest BCUT2D eigenvalue weighted by Crippen LogP contribution is -2.73. The fourth-order valence-electron chi connectivity index (χ4n) is 3.94. The summed E-state index contributed by atoms with van der Waals surface area (Å²) in [5.74, 6) is 0.602. The number of aromatic nitrogens is 2. The van der Waals surface area contributed by atoms with Gasteiger partial charge in [-0.1, -0.05) is 12.1 Å². The molecule has 3 fully saturated rings. The van der Waals surface area contributed by atoms with Crippen LogP contribution >= 0.6 is 0 Å². The van der Waals surface area contributed by atoms with Gasteiger partial charge in [0.05, 0.1) is 11.4 Å². The second-order valence-electron chi connectivity index (χ2n) is 6.72. The number of phenols is 1. The molecule has 0 radical (unpaired) electrons. The fraction of sp³-hybridized carbons (Fsp3) is 0.375. The zero-order chi connectivity index (χ0) is 15.4. The van der Waals surface area contributed by atoms with Gasteiger partial charge in [-0.05, 0) is 49.4 Å². The van der Waals surface area contributed by atoms with Gasteiger partial charge in [-0.2, -0.15) is 0 Å². The molecule has 6 N–H and O–H groups in total. The van der Waals surface area contributed by atoms with Crippen molar-refractivity contribution in [2.24, 2.45) is 11.1 Å². The van der Waals surface area contributed by atoms with Crippen molar-refractivity contribution in [3.8, 4) is 17.0 Å². The summed E-state index contributed by atoms with van der Waals surface area (Å²) < 4.78 is 0. The smallest absolute Gasteiger partial charge is 0.169 e. The van der Waals surface area contributed by atoms with E-state index in [1.54, 1.807) is 18.2 Å². The van der Waals surface area contributed by atoms with E-state index in [4.69, 9.17) is 11.5 Å². The van der Waals surface area contributed by atoms with E-state index in [0.29, 0.717) is 16.9 Å². The number of rotatable bonds is 4. The molecule has 5 rings (SSSR count). The first-order valence-electron chi connectivity index (χ1n) is 7.44. The molecular formula is C16H19N5O. The van der Waals surface area contributed by atoms with Crippen LogP contribution in [-0.2, 0) is 0 Å². The highest BCUT2D eigenvalue weighted by atomic mass is 16.3. The zero-order valence-corrected chi connectivity index (χ0v) is 12.2. The van der Waals surface area contributed by atoms with E-state index < -0.39 is 0 Å². The molecule has 0 amide bonds. The summed E-state index contributed by atoms with van der Waals surface area (Å²) in [5.41, 5.74) is 14.6. The van der Waals surface area contributed by atoms with E-state index >= 15 is 0 Å². The first-order valence-corrected chi connectivity index (χ1v) is 7.44. The Morgan fingerprint density at radius 1 is 1.18 bits per heavy atom. The average Bonchev–Trinajstić information content (AvgIpc) is 2.43. The highest BCUT2D eigenvalue weighted by Crippen LogP contribution is 2.67. The monoisotopic (exact) mass is 297 g/mol. The molecule has 2 aromatic rings. The number of aromatic hydroxyl groups is 1. The van der Waals surface area contributed by atoms with Crippen molar-refractivity contribution < 1.29 is 5.11 Å². The lowest BCUT2D eigenvalue weighted by Gasteiger charge is -2.71. The van der Waals surface area contributed by atoms with Crippen molar-refractivity contribution in [1.29, 1.82) is 0 Å². The Kier molecular flexibility index (Phi) is 2.62. The second kappa shape index (κ2) is 4.33. The van der Waals surface area contributed by atoms with Crippen LogP contribution in [0.25, 0.3) is 11.3 Å². The minimum Gasteiger partial charge on any atom is -0.508 e. The topological polar surface area (TPSA) is 110 Å². The van der Waals surface area contributed by atoms with Crippen LogP contribution in [0.3, 0.4) is 0 Å². The summed E-state index contributed by atoms with van der Waals surface area (Å²) in [6.45, 7) is 0.759. The Bertz CT molecular complexity index is 725. The number of hydrogen-bond donors (Lipinski definition) is 4. The number of phenolic OH excluding ortho intramolecular Hbond substituents is 1. The van der Waals surface area contributed by atoms with E-state index in [9.17, 15) is 5.11 Å². The van der Waals surface area contributed by atoms with E-state index in [1.165, 1.54) is 0 Å². The SMILES string of the molecule is NCC12CC(Nc3cc(-c4cccc(O)c4)nnc3N)(C1)C2. The molecule has 6 heteroatoms. The number of nitrogen functional groups attached to an aromatic ring is 1. The molecule has 2 bridgehead atoms. The third kappa shape index (κ3) is 1.91. The Morgan fingerprint density at radius 2 is 1.95 bits per heavy atom. The average molecular weight is 297 g/mol. The maximum Gasteiger partial charge on any atom is 0.169 e. The predicted molar refractivity (Wildman–Crippen MR) is 85.2 cm³/mol. The largest absolute Gasteiger partial charge is 0.508 e. The van der Waals surface area contributed by atoms with E-state index in [1.807, 2.05) is 12.1 Å². The van der Waals surface area contributed by atoms with Crippen LogP contribution in [0.1, 0.15) is 19.3 Å². The first kappa shape index (κ1) is 13.3. The molecule has 0 aliphatic heterocycles. The minimum absolute atomic E-state index is 0.132.